The number of nitrogens with zero attached hydrogens (tertiary/aromatic N) is 7. The summed E-state index contributed by atoms with van der Waals surface area (Å²) in [5, 5.41) is 0.338. The number of hydrogen-bond donors (Lipinski definition) is 0. The molecule has 5 rings (SSSR count). The molecular weight excluding hydrogens is 497 g/mol. The molecule has 0 N–H and O–H groups in total. The second-order valence-corrected chi connectivity index (χ2v) is 12.2. The maximum absolute atomic E-state index is 15.4. The lowest BCUT2D eigenvalue weighted by atomic mass is 9.90. The van der Waals surface area contributed by atoms with E-state index < -0.39 is 11.4 Å². The number of anilines is 2. The third-order valence-corrected chi connectivity index (χ3v) is 8.08. The summed E-state index contributed by atoms with van der Waals surface area (Å²) in [5.74, 6) is 0.320. The van der Waals surface area contributed by atoms with Gasteiger partial charge in [0, 0.05) is 43.1 Å². The van der Waals surface area contributed by atoms with Crippen LogP contribution in [0, 0.1) is 12.4 Å². The molecule has 0 aromatic carbocycles. The largest absolute Gasteiger partial charge is 0.444 e. The normalized spacial score (nSPS) is 22.9. The summed E-state index contributed by atoms with van der Waals surface area (Å²) in [5.41, 5.74) is -0.490. The van der Waals surface area contributed by atoms with Gasteiger partial charge >= 0.3 is 6.09 Å². The van der Waals surface area contributed by atoms with E-state index in [1.807, 2.05) is 44.7 Å². The molecule has 3 saturated heterocycles. The van der Waals surface area contributed by atoms with Crippen LogP contribution in [0.1, 0.15) is 40.5 Å². The average Bonchev–Trinajstić information content (AvgIpc) is 3.07. The number of amides is 1. The van der Waals surface area contributed by atoms with E-state index in [0.717, 1.165) is 12.8 Å². The van der Waals surface area contributed by atoms with Gasteiger partial charge in [-0.25, -0.2) is 24.0 Å². The molecule has 9 nitrogen and oxygen atoms in total. The van der Waals surface area contributed by atoms with Gasteiger partial charge in [-0.3, -0.25) is 4.90 Å². The second-order valence-electron chi connectivity index (χ2n) is 11.8. The number of hydrogen-bond acceptors (Lipinski definition) is 7. The van der Waals surface area contributed by atoms with Crippen LogP contribution in [0.4, 0.5) is 26.5 Å². The van der Waals surface area contributed by atoms with Crippen LogP contribution in [0.25, 0.3) is 15.6 Å². The van der Waals surface area contributed by atoms with Gasteiger partial charge in [-0.1, -0.05) is 11.6 Å². The lowest BCUT2D eigenvalue weighted by Crippen LogP contribution is -2.67. The van der Waals surface area contributed by atoms with Gasteiger partial charge in [-0.05, 0) is 54.6 Å². The Morgan fingerprint density at radius 3 is 2.38 bits per heavy atom. The van der Waals surface area contributed by atoms with Gasteiger partial charge in [-0.2, -0.15) is 0 Å². The SMILES string of the molecule is [C-]#[N+]c1c(N2CC(C)(N(C)C)C2)nc(N2CC3CCC(C2)N3C(=O)OC(C)(C)C)c2cnc(Cl)c(F)c12. The van der Waals surface area contributed by atoms with Gasteiger partial charge in [0.1, 0.15) is 17.2 Å². The van der Waals surface area contributed by atoms with Gasteiger partial charge in [0.2, 0.25) is 5.69 Å². The van der Waals surface area contributed by atoms with Crippen LogP contribution in [0.15, 0.2) is 6.20 Å². The number of carbonyl (C=O) groups is 1. The van der Waals surface area contributed by atoms with Crippen LogP contribution in [0.5, 0.6) is 0 Å². The molecule has 3 aliphatic rings. The minimum atomic E-state index is -0.707. The molecule has 0 saturated carbocycles. The topological polar surface area (TPSA) is 69.4 Å². The molecule has 0 aliphatic carbocycles. The highest BCUT2D eigenvalue weighted by Crippen LogP contribution is 2.45. The fourth-order valence-electron chi connectivity index (χ4n) is 5.65. The molecule has 0 radical (unpaired) electrons. The van der Waals surface area contributed by atoms with E-state index in [1.54, 1.807) is 0 Å². The number of rotatable bonds is 3. The van der Waals surface area contributed by atoms with Crippen LogP contribution in [-0.4, -0.2) is 89.4 Å². The van der Waals surface area contributed by atoms with Crippen molar-refractivity contribution in [1.29, 1.82) is 0 Å². The maximum Gasteiger partial charge on any atom is 0.410 e. The predicted octanol–water partition coefficient (Wildman–Crippen LogP) is 4.70. The predicted molar refractivity (Wildman–Crippen MR) is 142 cm³/mol. The number of likely N-dealkylation sites (N-methyl/N-ethyl adjacent to an activating group) is 1. The van der Waals surface area contributed by atoms with Crippen LogP contribution in [-0.2, 0) is 4.74 Å². The van der Waals surface area contributed by atoms with Crippen LogP contribution < -0.4 is 9.80 Å². The van der Waals surface area contributed by atoms with E-state index >= 15 is 4.39 Å². The number of carbonyl (C=O) groups excluding carboxylic acids is 1. The first kappa shape index (κ1) is 25.7. The Bertz CT molecular complexity index is 1280. The summed E-state index contributed by atoms with van der Waals surface area (Å²) < 4.78 is 21.1. The van der Waals surface area contributed by atoms with Crippen LogP contribution in [0.3, 0.4) is 0 Å². The molecule has 11 heteroatoms. The average molecular weight is 530 g/mol. The van der Waals surface area contributed by atoms with E-state index in [1.165, 1.54) is 6.20 Å². The lowest BCUT2D eigenvalue weighted by molar-refractivity contribution is 0.0123. The van der Waals surface area contributed by atoms with E-state index in [9.17, 15) is 4.79 Å². The van der Waals surface area contributed by atoms with Crippen molar-refractivity contribution in [2.24, 2.45) is 0 Å². The van der Waals surface area contributed by atoms with Gasteiger partial charge in [0.25, 0.3) is 0 Å². The van der Waals surface area contributed by atoms with Crippen molar-refractivity contribution in [3.8, 4) is 0 Å². The zero-order chi connectivity index (χ0) is 26.9. The fourth-order valence-corrected chi connectivity index (χ4v) is 5.80. The van der Waals surface area contributed by atoms with Crippen molar-refractivity contribution in [2.45, 2.75) is 63.8 Å². The van der Waals surface area contributed by atoms with E-state index in [4.69, 9.17) is 27.9 Å². The molecule has 5 heterocycles. The minimum Gasteiger partial charge on any atom is -0.444 e. The molecule has 37 heavy (non-hydrogen) atoms. The Labute approximate surface area is 221 Å². The number of fused-ring (bicyclic) bond motifs is 3. The Hall–Kier alpha value is -2.90. The van der Waals surface area contributed by atoms with Gasteiger partial charge < -0.3 is 19.4 Å². The van der Waals surface area contributed by atoms with Crippen molar-refractivity contribution >= 4 is 45.8 Å². The lowest BCUT2D eigenvalue weighted by Gasteiger charge is -2.53. The third kappa shape index (κ3) is 4.32. The zero-order valence-corrected chi connectivity index (χ0v) is 22.9. The molecule has 2 aromatic rings. The van der Waals surface area contributed by atoms with Crippen molar-refractivity contribution in [2.75, 3.05) is 50.1 Å². The zero-order valence-electron chi connectivity index (χ0n) is 22.2. The number of piperazine rings is 1. The highest BCUT2D eigenvalue weighted by Gasteiger charge is 2.46. The molecule has 2 unspecified atom stereocenters. The minimum absolute atomic E-state index is 0.0411. The van der Waals surface area contributed by atoms with Gasteiger partial charge in [0.05, 0.1) is 24.2 Å². The standard InChI is InChI=1S/C26H33ClFN7O2/c1-25(2,3)37-24(36)35-15-8-9-16(35)12-33(11-15)22-17-10-30-21(27)19(28)18(17)20(29-5)23(31-22)34-13-26(4,14-34)32(6)7/h10,15-16H,8-9,11-14H2,1-4,6-7H3. The molecular formula is C26H33ClFN7O2. The molecule has 1 amide bonds. The summed E-state index contributed by atoms with van der Waals surface area (Å²) in [6, 6.07) is -0.0822. The molecule has 2 aromatic heterocycles. The van der Waals surface area contributed by atoms with Crippen molar-refractivity contribution in [3.63, 3.8) is 0 Å². The first-order valence-corrected chi connectivity index (χ1v) is 12.9. The molecule has 0 spiro atoms. The van der Waals surface area contributed by atoms with Crippen molar-refractivity contribution in [3.05, 3.63) is 28.6 Å². The molecule has 3 aliphatic heterocycles. The van der Waals surface area contributed by atoms with E-state index in [2.05, 4.69) is 26.6 Å². The highest BCUT2D eigenvalue weighted by molar-refractivity contribution is 6.30. The summed E-state index contributed by atoms with van der Waals surface area (Å²) in [6.07, 6.45) is 2.92. The van der Waals surface area contributed by atoms with Crippen LogP contribution in [0.2, 0.25) is 5.15 Å². The van der Waals surface area contributed by atoms with E-state index in [0.29, 0.717) is 43.2 Å². The summed E-state index contributed by atoms with van der Waals surface area (Å²) in [7, 11) is 4.05. The summed E-state index contributed by atoms with van der Waals surface area (Å²) in [4.78, 5) is 33.8. The smallest absolute Gasteiger partial charge is 0.410 e. The van der Waals surface area contributed by atoms with Gasteiger partial charge in [-0.15, -0.1) is 0 Å². The number of pyridine rings is 2. The first-order chi connectivity index (χ1) is 17.3. The van der Waals surface area contributed by atoms with Crippen molar-refractivity contribution < 1.29 is 13.9 Å². The Morgan fingerprint density at radius 2 is 1.84 bits per heavy atom. The Balaban J connectivity index is 1.55. The van der Waals surface area contributed by atoms with Crippen LogP contribution >= 0.6 is 11.6 Å². The Kier molecular flexibility index (Phi) is 6.15. The first-order valence-electron chi connectivity index (χ1n) is 12.6. The molecule has 2 bridgehead atoms. The van der Waals surface area contributed by atoms with Gasteiger partial charge in [0.15, 0.2) is 11.0 Å². The quantitative estimate of drug-likeness (QED) is 0.421. The molecule has 198 valence electrons. The Morgan fingerprint density at radius 1 is 1.22 bits per heavy atom. The molecule has 3 fully saturated rings. The fraction of sp³-hybridized carbons (Fsp3) is 0.615. The second kappa shape index (κ2) is 8.84. The summed E-state index contributed by atoms with van der Waals surface area (Å²) >= 11 is 6.08. The van der Waals surface area contributed by atoms with E-state index in [-0.39, 0.29) is 39.9 Å². The summed E-state index contributed by atoms with van der Waals surface area (Å²) in [6.45, 7) is 18.0. The maximum atomic E-state index is 15.4. The number of aromatic nitrogens is 2. The van der Waals surface area contributed by atoms with Crippen molar-refractivity contribution in [1.82, 2.24) is 19.8 Å². The number of ether oxygens (including phenoxy) is 1. The monoisotopic (exact) mass is 529 g/mol. The molecule has 2 atom stereocenters. The third-order valence-electron chi connectivity index (χ3n) is 7.82. The number of halogens is 2. The highest BCUT2D eigenvalue weighted by atomic mass is 35.5.